The van der Waals surface area contributed by atoms with Crippen molar-refractivity contribution in [3.8, 4) is 5.75 Å². The fourth-order valence-corrected chi connectivity index (χ4v) is 4.14. The molecule has 1 aliphatic carbocycles. The second-order valence-electron chi connectivity index (χ2n) is 7.42. The van der Waals surface area contributed by atoms with E-state index in [2.05, 4.69) is 11.0 Å². The monoisotopic (exact) mass is 369 g/mol. The van der Waals surface area contributed by atoms with Crippen molar-refractivity contribution in [2.75, 3.05) is 19.7 Å². The second-order valence-corrected chi connectivity index (χ2v) is 7.86. The van der Waals surface area contributed by atoms with E-state index in [0.717, 1.165) is 43.1 Å². The number of benzene rings is 2. The molecule has 1 amide bonds. The molecule has 1 saturated carbocycles. The summed E-state index contributed by atoms with van der Waals surface area (Å²) in [4.78, 5) is 15.0. The van der Waals surface area contributed by atoms with Gasteiger partial charge in [-0.1, -0.05) is 41.9 Å². The first kappa shape index (κ1) is 17.4. The standard InChI is InChI=1S/C22H24ClNO2/c23-18-8-4-7-17(12-18)20-13-21(20)22(25)24-11-5-6-16(14-24)15-26-19-9-2-1-3-10-19/h1-4,7-10,12,16,20-21H,5-6,11,13-15H2. The Morgan fingerprint density at radius 3 is 2.81 bits per heavy atom. The van der Waals surface area contributed by atoms with E-state index in [1.807, 2.05) is 48.5 Å². The number of piperidine rings is 1. The number of para-hydroxylation sites is 1. The summed E-state index contributed by atoms with van der Waals surface area (Å²) >= 11 is 6.09. The van der Waals surface area contributed by atoms with Gasteiger partial charge in [0.25, 0.3) is 0 Å². The van der Waals surface area contributed by atoms with Gasteiger partial charge in [0, 0.05) is 29.9 Å². The highest BCUT2D eigenvalue weighted by Gasteiger charge is 2.46. The Morgan fingerprint density at radius 2 is 2.00 bits per heavy atom. The quantitative estimate of drug-likeness (QED) is 0.760. The predicted molar refractivity (Wildman–Crippen MR) is 104 cm³/mol. The summed E-state index contributed by atoms with van der Waals surface area (Å²) < 4.78 is 5.90. The van der Waals surface area contributed by atoms with Crippen molar-refractivity contribution in [1.29, 1.82) is 0 Å². The normalized spacial score (nSPS) is 25.0. The van der Waals surface area contributed by atoms with Gasteiger partial charge in [-0.05, 0) is 55.0 Å². The lowest BCUT2D eigenvalue weighted by molar-refractivity contribution is -0.134. The molecule has 136 valence electrons. The van der Waals surface area contributed by atoms with Gasteiger partial charge in [0.15, 0.2) is 0 Å². The van der Waals surface area contributed by atoms with Crippen LogP contribution in [0.4, 0.5) is 0 Å². The summed E-state index contributed by atoms with van der Waals surface area (Å²) in [5.41, 5.74) is 1.19. The Labute approximate surface area is 159 Å². The average Bonchev–Trinajstić information content (AvgIpc) is 3.48. The number of hydrogen-bond acceptors (Lipinski definition) is 2. The molecule has 4 rings (SSSR count). The van der Waals surface area contributed by atoms with Crippen LogP contribution in [0.1, 0.15) is 30.7 Å². The molecule has 1 saturated heterocycles. The molecule has 2 fully saturated rings. The van der Waals surface area contributed by atoms with E-state index in [-0.39, 0.29) is 5.92 Å². The summed E-state index contributed by atoms with van der Waals surface area (Å²) in [6, 6.07) is 17.8. The van der Waals surface area contributed by atoms with E-state index >= 15 is 0 Å². The Morgan fingerprint density at radius 1 is 1.15 bits per heavy atom. The van der Waals surface area contributed by atoms with Crippen LogP contribution in [-0.4, -0.2) is 30.5 Å². The lowest BCUT2D eigenvalue weighted by Crippen LogP contribution is -2.42. The molecule has 2 aromatic carbocycles. The molecule has 1 aliphatic heterocycles. The minimum Gasteiger partial charge on any atom is -0.493 e. The highest BCUT2D eigenvalue weighted by Crippen LogP contribution is 2.49. The predicted octanol–water partition coefficient (Wildman–Crippen LogP) is 4.76. The molecule has 2 aromatic rings. The molecule has 0 aromatic heterocycles. The molecule has 3 atom stereocenters. The first-order chi connectivity index (χ1) is 12.7. The number of carbonyl (C=O) groups is 1. The first-order valence-electron chi connectivity index (χ1n) is 9.43. The summed E-state index contributed by atoms with van der Waals surface area (Å²) in [5, 5.41) is 0.747. The van der Waals surface area contributed by atoms with Crippen LogP contribution in [0.3, 0.4) is 0 Å². The van der Waals surface area contributed by atoms with Crippen molar-refractivity contribution in [3.63, 3.8) is 0 Å². The number of hydrogen-bond donors (Lipinski definition) is 0. The molecule has 0 N–H and O–H groups in total. The van der Waals surface area contributed by atoms with Crippen molar-refractivity contribution >= 4 is 17.5 Å². The Balaban J connectivity index is 1.31. The van der Waals surface area contributed by atoms with Gasteiger partial charge in [0.1, 0.15) is 5.75 Å². The second kappa shape index (κ2) is 7.71. The fraction of sp³-hybridized carbons (Fsp3) is 0.409. The molecule has 3 nitrogen and oxygen atoms in total. The molecule has 0 bridgehead atoms. The van der Waals surface area contributed by atoms with Crippen LogP contribution in [0.2, 0.25) is 5.02 Å². The van der Waals surface area contributed by atoms with Crippen LogP contribution < -0.4 is 4.74 Å². The number of amides is 1. The maximum Gasteiger partial charge on any atom is 0.226 e. The van der Waals surface area contributed by atoms with Gasteiger partial charge in [0.05, 0.1) is 6.61 Å². The van der Waals surface area contributed by atoms with Crippen molar-refractivity contribution < 1.29 is 9.53 Å². The van der Waals surface area contributed by atoms with Gasteiger partial charge in [-0.15, -0.1) is 0 Å². The van der Waals surface area contributed by atoms with E-state index in [4.69, 9.17) is 16.3 Å². The van der Waals surface area contributed by atoms with Gasteiger partial charge in [0.2, 0.25) is 5.91 Å². The first-order valence-corrected chi connectivity index (χ1v) is 9.80. The Bertz CT molecular complexity index is 764. The zero-order chi connectivity index (χ0) is 17.9. The van der Waals surface area contributed by atoms with Gasteiger partial charge >= 0.3 is 0 Å². The third-order valence-corrected chi connectivity index (χ3v) is 5.68. The number of ether oxygens (including phenoxy) is 1. The molecule has 4 heteroatoms. The summed E-state index contributed by atoms with van der Waals surface area (Å²) in [7, 11) is 0. The molecular weight excluding hydrogens is 346 g/mol. The van der Waals surface area contributed by atoms with Gasteiger partial charge in [-0.25, -0.2) is 0 Å². The summed E-state index contributed by atoms with van der Waals surface area (Å²) in [6.07, 6.45) is 3.13. The van der Waals surface area contributed by atoms with Gasteiger partial charge in [-0.3, -0.25) is 4.79 Å². The minimum atomic E-state index is 0.127. The van der Waals surface area contributed by atoms with Crippen molar-refractivity contribution in [2.24, 2.45) is 11.8 Å². The lowest BCUT2D eigenvalue weighted by atomic mass is 9.98. The number of rotatable bonds is 5. The average molecular weight is 370 g/mol. The number of halogens is 1. The third kappa shape index (κ3) is 4.04. The van der Waals surface area contributed by atoms with E-state index in [9.17, 15) is 4.79 Å². The van der Waals surface area contributed by atoms with Gasteiger partial charge < -0.3 is 9.64 Å². The molecule has 3 unspecified atom stereocenters. The number of likely N-dealkylation sites (tertiary alicyclic amines) is 1. The Kier molecular flexibility index (Phi) is 5.16. The fourth-order valence-electron chi connectivity index (χ4n) is 3.94. The highest BCUT2D eigenvalue weighted by molar-refractivity contribution is 6.30. The van der Waals surface area contributed by atoms with Crippen LogP contribution in [0, 0.1) is 11.8 Å². The zero-order valence-electron chi connectivity index (χ0n) is 14.8. The molecular formula is C22H24ClNO2. The van der Waals surface area contributed by atoms with E-state index in [1.165, 1.54) is 5.56 Å². The lowest BCUT2D eigenvalue weighted by Gasteiger charge is -2.33. The van der Waals surface area contributed by atoms with Crippen LogP contribution in [0.5, 0.6) is 5.75 Å². The number of carbonyl (C=O) groups excluding carboxylic acids is 1. The molecule has 0 spiro atoms. The summed E-state index contributed by atoms with van der Waals surface area (Å²) in [5.74, 6) is 2.08. The van der Waals surface area contributed by atoms with Crippen LogP contribution in [0.15, 0.2) is 54.6 Å². The largest absolute Gasteiger partial charge is 0.493 e. The molecule has 1 heterocycles. The van der Waals surface area contributed by atoms with Crippen LogP contribution >= 0.6 is 11.6 Å². The SMILES string of the molecule is O=C(C1CC1c1cccc(Cl)c1)N1CCCC(COc2ccccc2)C1. The van der Waals surface area contributed by atoms with Crippen LogP contribution in [-0.2, 0) is 4.79 Å². The van der Waals surface area contributed by atoms with Crippen molar-refractivity contribution in [3.05, 3.63) is 65.2 Å². The number of nitrogens with zero attached hydrogens (tertiary/aromatic N) is 1. The maximum absolute atomic E-state index is 12.9. The van der Waals surface area contributed by atoms with Crippen molar-refractivity contribution in [1.82, 2.24) is 4.90 Å². The zero-order valence-corrected chi connectivity index (χ0v) is 15.6. The smallest absolute Gasteiger partial charge is 0.226 e. The topological polar surface area (TPSA) is 29.5 Å². The molecule has 2 aliphatic rings. The van der Waals surface area contributed by atoms with E-state index in [0.29, 0.717) is 24.3 Å². The van der Waals surface area contributed by atoms with E-state index < -0.39 is 0 Å². The highest BCUT2D eigenvalue weighted by atomic mass is 35.5. The Hall–Kier alpha value is -2.00. The minimum absolute atomic E-state index is 0.127. The molecule has 0 radical (unpaired) electrons. The van der Waals surface area contributed by atoms with Crippen LogP contribution in [0.25, 0.3) is 0 Å². The third-order valence-electron chi connectivity index (χ3n) is 5.44. The van der Waals surface area contributed by atoms with Crippen molar-refractivity contribution in [2.45, 2.75) is 25.2 Å². The summed E-state index contributed by atoms with van der Waals surface area (Å²) in [6.45, 7) is 2.36. The maximum atomic E-state index is 12.9. The van der Waals surface area contributed by atoms with E-state index in [1.54, 1.807) is 0 Å². The molecule has 26 heavy (non-hydrogen) atoms. The van der Waals surface area contributed by atoms with Gasteiger partial charge in [-0.2, -0.15) is 0 Å².